The number of hydrogen-bond acceptors (Lipinski definition) is 2. The van der Waals surface area contributed by atoms with Crippen molar-refractivity contribution in [3.8, 4) is 0 Å². The molecular formula is C23H39NO. The predicted molar refractivity (Wildman–Crippen MR) is 108 cm³/mol. The summed E-state index contributed by atoms with van der Waals surface area (Å²) >= 11 is 0. The molecule has 1 aromatic carbocycles. The Morgan fingerprint density at radius 3 is 1.92 bits per heavy atom. The Morgan fingerprint density at radius 2 is 1.32 bits per heavy atom. The number of rotatable bonds is 12. The first-order valence-corrected chi connectivity index (χ1v) is 10.8. The fraction of sp³-hybridized carbons (Fsp3) is 0.739. The number of unbranched alkanes of at least 4 members (excludes halogenated alkanes) is 6. The molecule has 1 aliphatic rings. The molecule has 1 heterocycles. The predicted octanol–water partition coefficient (Wildman–Crippen LogP) is 5.37. The number of piperidine rings is 1. The molecule has 0 amide bonds. The molecule has 0 aliphatic carbocycles. The van der Waals surface area contributed by atoms with Crippen LogP contribution in [0, 0.1) is 0 Å². The molecule has 0 saturated carbocycles. The van der Waals surface area contributed by atoms with Crippen LogP contribution in [0.4, 0.5) is 0 Å². The minimum absolute atomic E-state index is 0.0499. The molecule has 2 nitrogen and oxygen atoms in total. The second kappa shape index (κ2) is 12.5. The summed E-state index contributed by atoms with van der Waals surface area (Å²) in [4.78, 5) is 2.51. The Hall–Kier alpha value is -0.860. The van der Waals surface area contributed by atoms with Gasteiger partial charge in [0.2, 0.25) is 0 Å². The molecule has 142 valence electrons. The summed E-state index contributed by atoms with van der Waals surface area (Å²) in [6.07, 6.45) is 15.1. The summed E-state index contributed by atoms with van der Waals surface area (Å²) in [7, 11) is 0. The van der Waals surface area contributed by atoms with Gasteiger partial charge in [0.1, 0.15) is 0 Å². The number of benzene rings is 1. The van der Waals surface area contributed by atoms with Gasteiger partial charge >= 0.3 is 0 Å². The third-order valence-corrected chi connectivity index (χ3v) is 5.59. The van der Waals surface area contributed by atoms with Crippen LogP contribution >= 0.6 is 0 Å². The number of nitrogens with zero attached hydrogens (tertiary/aromatic N) is 1. The van der Waals surface area contributed by atoms with Crippen molar-refractivity contribution in [3.63, 3.8) is 0 Å². The normalized spacial score (nSPS) is 16.4. The number of likely N-dealkylation sites (tertiary alicyclic amines) is 1. The molecule has 1 aromatic rings. The first kappa shape index (κ1) is 20.5. The summed E-state index contributed by atoms with van der Waals surface area (Å²) in [5.74, 6) is 0. The third-order valence-electron chi connectivity index (χ3n) is 5.59. The molecular weight excluding hydrogens is 306 g/mol. The Balaban J connectivity index is 1.52. The van der Waals surface area contributed by atoms with E-state index in [0.717, 1.165) is 25.9 Å². The standard InChI is InChI=1S/C23H39NO/c1-2-3-4-5-6-7-10-21-12-14-22(15-13-21)11-8-9-18-24-19-16-23(25)17-20-24/h12-15,23,25H,2-11,16-20H2,1H3. The molecule has 0 spiro atoms. The second-order valence-electron chi connectivity index (χ2n) is 7.86. The lowest BCUT2D eigenvalue weighted by atomic mass is 10.0. The van der Waals surface area contributed by atoms with Gasteiger partial charge < -0.3 is 10.0 Å². The van der Waals surface area contributed by atoms with Gasteiger partial charge in [0.25, 0.3) is 0 Å². The van der Waals surface area contributed by atoms with Crippen molar-refractivity contribution in [1.82, 2.24) is 4.90 Å². The molecule has 1 fully saturated rings. The smallest absolute Gasteiger partial charge is 0.0564 e. The summed E-state index contributed by atoms with van der Waals surface area (Å²) in [5, 5.41) is 9.55. The Labute approximate surface area is 155 Å². The molecule has 0 radical (unpaired) electrons. The largest absolute Gasteiger partial charge is 0.393 e. The lowest BCUT2D eigenvalue weighted by Gasteiger charge is -2.29. The van der Waals surface area contributed by atoms with Crippen LogP contribution in [0.2, 0.25) is 0 Å². The highest BCUT2D eigenvalue weighted by Crippen LogP contribution is 2.14. The first-order chi connectivity index (χ1) is 12.3. The summed E-state index contributed by atoms with van der Waals surface area (Å²) in [5.41, 5.74) is 2.99. The first-order valence-electron chi connectivity index (χ1n) is 10.8. The number of aliphatic hydroxyl groups is 1. The minimum atomic E-state index is -0.0499. The van der Waals surface area contributed by atoms with Crippen LogP contribution in [-0.4, -0.2) is 35.7 Å². The van der Waals surface area contributed by atoms with Gasteiger partial charge in [-0.15, -0.1) is 0 Å². The van der Waals surface area contributed by atoms with Gasteiger partial charge in [-0.2, -0.15) is 0 Å². The van der Waals surface area contributed by atoms with Gasteiger partial charge in [0.15, 0.2) is 0 Å². The molecule has 2 heteroatoms. The maximum Gasteiger partial charge on any atom is 0.0564 e. The van der Waals surface area contributed by atoms with Crippen LogP contribution in [0.3, 0.4) is 0 Å². The molecule has 25 heavy (non-hydrogen) atoms. The van der Waals surface area contributed by atoms with Crippen molar-refractivity contribution in [3.05, 3.63) is 35.4 Å². The van der Waals surface area contributed by atoms with E-state index in [1.54, 1.807) is 0 Å². The van der Waals surface area contributed by atoms with E-state index in [0.29, 0.717) is 0 Å². The Bertz CT molecular complexity index is 434. The average Bonchev–Trinajstić information content (AvgIpc) is 2.64. The van der Waals surface area contributed by atoms with Crippen molar-refractivity contribution in [2.24, 2.45) is 0 Å². The molecule has 0 bridgehead atoms. The van der Waals surface area contributed by atoms with E-state index in [1.807, 2.05) is 0 Å². The second-order valence-corrected chi connectivity index (χ2v) is 7.86. The zero-order chi connectivity index (χ0) is 17.7. The maximum absolute atomic E-state index is 9.55. The van der Waals surface area contributed by atoms with Crippen LogP contribution < -0.4 is 0 Å². The number of hydrogen-bond donors (Lipinski definition) is 1. The van der Waals surface area contributed by atoms with E-state index >= 15 is 0 Å². The van der Waals surface area contributed by atoms with E-state index in [1.165, 1.54) is 81.9 Å². The molecule has 1 aliphatic heterocycles. The average molecular weight is 346 g/mol. The highest BCUT2D eigenvalue weighted by atomic mass is 16.3. The van der Waals surface area contributed by atoms with Crippen molar-refractivity contribution in [2.45, 2.75) is 90.1 Å². The topological polar surface area (TPSA) is 23.5 Å². The monoisotopic (exact) mass is 345 g/mol. The van der Waals surface area contributed by atoms with Gasteiger partial charge in [-0.25, -0.2) is 0 Å². The van der Waals surface area contributed by atoms with Gasteiger partial charge in [-0.05, 0) is 62.6 Å². The highest BCUT2D eigenvalue weighted by Gasteiger charge is 2.15. The van der Waals surface area contributed by atoms with Gasteiger partial charge in [0, 0.05) is 13.1 Å². The highest BCUT2D eigenvalue weighted by molar-refractivity contribution is 5.22. The zero-order valence-electron chi connectivity index (χ0n) is 16.4. The fourth-order valence-corrected chi connectivity index (χ4v) is 3.79. The van der Waals surface area contributed by atoms with E-state index in [4.69, 9.17) is 0 Å². The summed E-state index contributed by atoms with van der Waals surface area (Å²) in [6.45, 7) is 5.63. The van der Waals surface area contributed by atoms with E-state index < -0.39 is 0 Å². The zero-order valence-corrected chi connectivity index (χ0v) is 16.4. The third kappa shape index (κ3) is 8.87. The SMILES string of the molecule is CCCCCCCCc1ccc(CCCCN2CCC(O)CC2)cc1. The molecule has 0 unspecified atom stereocenters. The Kier molecular flexibility index (Phi) is 10.2. The number of aryl methyl sites for hydroxylation is 2. The quantitative estimate of drug-likeness (QED) is 0.515. The molecule has 0 atom stereocenters. The maximum atomic E-state index is 9.55. The van der Waals surface area contributed by atoms with Crippen LogP contribution in [0.15, 0.2) is 24.3 Å². The van der Waals surface area contributed by atoms with Gasteiger partial charge in [0.05, 0.1) is 6.10 Å². The van der Waals surface area contributed by atoms with Crippen LogP contribution in [0.1, 0.15) is 82.3 Å². The fourth-order valence-electron chi connectivity index (χ4n) is 3.79. The molecule has 1 N–H and O–H groups in total. The lowest BCUT2D eigenvalue weighted by Crippen LogP contribution is -2.36. The van der Waals surface area contributed by atoms with Gasteiger partial charge in [-0.1, -0.05) is 63.3 Å². The molecule has 1 saturated heterocycles. The van der Waals surface area contributed by atoms with Crippen molar-refractivity contribution in [2.75, 3.05) is 19.6 Å². The van der Waals surface area contributed by atoms with Crippen LogP contribution in [0.5, 0.6) is 0 Å². The van der Waals surface area contributed by atoms with Crippen molar-refractivity contribution >= 4 is 0 Å². The van der Waals surface area contributed by atoms with E-state index in [9.17, 15) is 5.11 Å². The summed E-state index contributed by atoms with van der Waals surface area (Å²) in [6, 6.07) is 9.36. The van der Waals surface area contributed by atoms with E-state index in [2.05, 4.69) is 36.1 Å². The molecule has 2 rings (SSSR count). The summed E-state index contributed by atoms with van der Waals surface area (Å²) < 4.78 is 0. The van der Waals surface area contributed by atoms with Crippen molar-refractivity contribution in [1.29, 1.82) is 0 Å². The lowest BCUT2D eigenvalue weighted by molar-refractivity contribution is 0.0818. The van der Waals surface area contributed by atoms with E-state index in [-0.39, 0.29) is 6.10 Å². The van der Waals surface area contributed by atoms with Crippen LogP contribution in [-0.2, 0) is 12.8 Å². The van der Waals surface area contributed by atoms with Crippen LogP contribution in [0.25, 0.3) is 0 Å². The van der Waals surface area contributed by atoms with Crippen molar-refractivity contribution < 1.29 is 5.11 Å². The Morgan fingerprint density at radius 1 is 0.800 bits per heavy atom. The molecule has 0 aromatic heterocycles. The number of aliphatic hydroxyl groups excluding tert-OH is 1. The minimum Gasteiger partial charge on any atom is -0.393 e. The van der Waals surface area contributed by atoms with Gasteiger partial charge in [-0.3, -0.25) is 0 Å².